The monoisotopic (exact) mass is 465 g/mol. The summed E-state index contributed by atoms with van der Waals surface area (Å²) in [4.78, 5) is 15.6. The lowest BCUT2D eigenvalue weighted by atomic mass is 10.1. The Hall–Kier alpha value is -1.39. The van der Waals surface area contributed by atoms with E-state index in [1.165, 1.54) is 41.9 Å². The molecule has 162 valence electrons. The third-order valence-electron chi connectivity index (χ3n) is 5.55. The average Bonchev–Trinajstić information content (AvgIpc) is 3.46. The predicted molar refractivity (Wildman–Crippen MR) is 124 cm³/mol. The largest absolute Gasteiger partial charge is 0.321 e. The smallest absolute Gasteiger partial charge is 0.267 e. The summed E-state index contributed by atoms with van der Waals surface area (Å²) in [5, 5.41) is 4.53. The molecule has 2 aliphatic rings. The Morgan fingerprint density at radius 3 is 2.40 bits per heavy atom. The van der Waals surface area contributed by atoms with Gasteiger partial charge in [-0.1, -0.05) is 12.1 Å². The lowest BCUT2D eigenvalue weighted by molar-refractivity contribution is 0.102. The number of benzene rings is 1. The molecular weight excluding hydrogens is 438 g/mol. The van der Waals surface area contributed by atoms with Crippen molar-refractivity contribution in [3.63, 3.8) is 0 Å². The fraction of sp³-hybridized carbons (Fsp3) is 0.476. The first-order valence-corrected chi connectivity index (χ1v) is 13.8. The zero-order valence-electron chi connectivity index (χ0n) is 16.9. The third-order valence-corrected chi connectivity index (χ3v) is 9.48. The second-order valence-corrected chi connectivity index (χ2v) is 11.6. The van der Waals surface area contributed by atoms with Crippen molar-refractivity contribution in [3.05, 3.63) is 46.2 Å². The van der Waals surface area contributed by atoms with Gasteiger partial charge in [0.2, 0.25) is 10.0 Å². The number of nitrogens with one attached hydrogen (secondary N) is 1. The Morgan fingerprint density at radius 1 is 1.00 bits per heavy atom. The molecule has 9 heteroatoms. The summed E-state index contributed by atoms with van der Waals surface area (Å²) in [5.41, 5.74) is 1.92. The highest BCUT2D eigenvalue weighted by Gasteiger charge is 2.31. The zero-order chi connectivity index (χ0) is 21.0. The van der Waals surface area contributed by atoms with E-state index in [-0.39, 0.29) is 15.7 Å². The number of carbonyl (C=O) groups excluding carboxylic acids is 1. The topological polar surface area (TPSA) is 69.7 Å². The second kappa shape index (κ2) is 9.82. The van der Waals surface area contributed by atoms with E-state index in [1.807, 2.05) is 24.3 Å². The quantitative estimate of drug-likeness (QED) is 0.679. The van der Waals surface area contributed by atoms with Gasteiger partial charge in [-0.2, -0.15) is 16.1 Å². The molecule has 2 aromatic rings. The first-order valence-electron chi connectivity index (χ1n) is 10.3. The van der Waals surface area contributed by atoms with Crippen molar-refractivity contribution in [2.24, 2.45) is 0 Å². The van der Waals surface area contributed by atoms with Gasteiger partial charge in [0, 0.05) is 36.8 Å². The Balaban J connectivity index is 1.40. The van der Waals surface area contributed by atoms with Gasteiger partial charge in [-0.15, -0.1) is 11.3 Å². The van der Waals surface area contributed by atoms with E-state index in [0.717, 1.165) is 35.8 Å². The maximum absolute atomic E-state index is 13.0. The Bertz CT molecular complexity index is 961. The summed E-state index contributed by atoms with van der Waals surface area (Å²) in [6.07, 6.45) is 3.58. The minimum atomic E-state index is -3.64. The van der Waals surface area contributed by atoms with Crippen molar-refractivity contribution in [1.29, 1.82) is 0 Å². The van der Waals surface area contributed by atoms with E-state index in [4.69, 9.17) is 0 Å². The molecule has 0 atom stereocenters. The highest BCUT2D eigenvalue weighted by atomic mass is 32.2. The van der Waals surface area contributed by atoms with Crippen LogP contribution in [0.25, 0.3) is 0 Å². The zero-order valence-corrected chi connectivity index (χ0v) is 19.3. The van der Waals surface area contributed by atoms with Gasteiger partial charge in [-0.25, -0.2) is 8.42 Å². The van der Waals surface area contributed by atoms with E-state index >= 15 is 0 Å². The van der Waals surface area contributed by atoms with Crippen LogP contribution in [0.4, 0.5) is 5.69 Å². The molecule has 1 aromatic carbocycles. The number of anilines is 1. The number of thiophene rings is 1. The molecular formula is C21H27N3O3S3. The molecule has 2 fully saturated rings. The van der Waals surface area contributed by atoms with Crippen LogP contribution >= 0.6 is 23.1 Å². The molecule has 2 saturated heterocycles. The summed E-state index contributed by atoms with van der Waals surface area (Å²) >= 11 is 2.91. The summed E-state index contributed by atoms with van der Waals surface area (Å²) in [5.74, 6) is 1.20. The van der Waals surface area contributed by atoms with E-state index in [2.05, 4.69) is 10.2 Å². The molecule has 0 bridgehead atoms. The molecule has 0 unspecified atom stereocenters. The minimum absolute atomic E-state index is 0.110. The molecule has 1 N–H and O–H groups in total. The molecule has 0 radical (unpaired) electrons. The first kappa shape index (κ1) is 21.8. The number of carbonyl (C=O) groups is 1. The van der Waals surface area contributed by atoms with Crippen molar-refractivity contribution >= 4 is 44.7 Å². The van der Waals surface area contributed by atoms with Gasteiger partial charge < -0.3 is 10.2 Å². The standard InChI is InChI=1S/C21H27N3O3S3/c25-21(20-19(8-14-29-20)30(26,27)24-12-15-28-16-13-24)22-18-5-3-17(4-6-18)7-11-23-9-1-2-10-23/h3-6,8,14H,1-2,7,9-13,15-16H2,(H,22,25). The Kier molecular flexibility index (Phi) is 7.15. The molecule has 30 heavy (non-hydrogen) atoms. The van der Waals surface area contributed by atoms with Gasteiger partial charge in [-0.3, -0.25) is 4.79 Å². The van der Waals surface area contributed by atoms with Crippen molar-refractivity contribution < 1.29 is 13.2 Å². The van der Waals surface area contributed by atoms with Crippen LogP contribution in [0.1, 0.15) is 28.1 Å². The summed E-state index contributed by atoms with van der Waals surface area (Å²) in [7, 11) is -3.64. The highest BCUT2D eigenvalue weighted by Crippen LogP contribution is 2.28. The summed E-state index contributed by atoms with van der Waals surface area (Å²) in [6.45, 7) is 4.43. The van der Waals surface area contributed by atoms with Crippen molar-refractivity contribution in [2.75, 3.05) is 49.5 Å². The third kappa shape index (κ3) is 5.08. The van der Waals surface area contributed by atoms with E-state index in [0.29, 0.717) is 18.8 Å². The van der Waals surface area contributed by atoms with Crippen LogP contribution in [0.15, 0.2) is 40.6 Å². The van der Waals surface area contributed by atoms with Crippen LogP contribution in [0.2, 0.25) is 0 Å². The van der Waals surface area contributed by atoms with Crippen LogP contribution in [0.3, 0.4) is 0 Å². The average molecular weight is 466 g/mol. The van der Waals surface area contributed by atoms with Crippen LogP contribution < -0.4 is 5.32 Å². The molecule has 0 aliphatic carbocycles. The minimum Gasteiger partial charge on any atom is -0.321 e. The van der Waals surface area contributed by atoms with Crippen LogP contribution in [0, 0.1) is 0 Å². The number of rotatable bonds is 7. The lowest BCUT2D eigenvalue weighted by Gasteiger charge is -2.25. The van der Waals surface area contributed by atoms with Crippen LogP contribution in [0.5, 0.6) is 0 Å². The summed E-state index contributed by atoms with van der Waals surface area (Å²) < 4.78 is 27.5. The molecule has 1 aromatic heterocycles. The fourth-order valence-corrected chi connectivity index (χ4v) is 7.70. The molecule has 3 heterocycles. The number of nitrogens with zero attached hydrogens (tertiary/aromatic N) is 2. The van der Waals surface area contributed by atoms with Crippen molar-refractivity contribution in [1.82, 2.24) is 9.21 Å². The lowest BCUT2D eigenvalue weighted by Crippen LogP contribution is -2.38. The Labute approximate surface area is 186 Å². The molecule has 2 aliphatic heterocycles. The van der Waals surface area contributed by atoms with Gasteiger partial charge in [0.25, 0.3) is 5.91 Å². The highest BCUT2D eigenvalue weighted by molar-refractivity contribution is 7.99. The SMILES string of the molecule is O=C(Nc1ccc(CCN2CCCC2)cc1)c1sccc1S(=O)(=O)N1CCSCC1. The van der Waals surface area contributed by atoms with Gasteiger partial charge in [0.1, 0.15) is 9.77 Å². The molecule has 0 spiro atoms. The predicted octanol–water partition coefficient (Wildman–Crippen LogP) is 3.38. The van der Waals surface area contributed by atoms with Crippen LogP contribution in [-0.2, 0) is 16.4 Å². The van der Waals surface area contributed by atoms with Crippen LogP contribution in [-0.4, -0.2) is 67.8 Å². The number of sulfonamides is 1. The first-order chi connectivity index (χ1) is 14.5. The van der Waals surface area contributed by atoms with Gasteiger partial charge >= 0.3 is 0 Å². The normalized spacial score (nSPS) is 18.5. The van der Waals surface area contributed by atoms with Gasteiger partial charge in [-0.05, 0) is 61.5 Å². The molecule has 0 saturated carbocycles. The maximum atomic E-state index is 13.0. The second-order valence-electron chi connectivity index (χ2n) is 7.58. The number of hydrogen-bond donors (Lipinski definition) is 1. The van der Waals surface area contributed by atoms with Crippen molar-refractivity contribution in [2.45, 2.75) is 24.2 Å². The molecule has 1 amide bonds. The van der Waals surface area contributed by atoms with E-state index in [9.17, 15) is 13.2 Å². The number of amides is 1. The van der Waals surface area contributed by atoms with Crippen molar-refractivity contribution in [3.8, 4) is 0 Å². The summed E-state index contributed by atoms with van der Waals surface area (Å²) in [6, 6.07) is 9.38. The maximum Gasteiger partial charge on any atom is 0.267 e. The molecule has 6 nitrogen and oxygen atoms in total. The van der Waals surface area contributed by atoms with E-state index in [1.54, 1.807) is 17.1 Å². The van der Waals surface area contributed by atoms with Gasteiger partial charge in [0.05, 0.1) is 0 Å². The number of likely N-dealkylation sites (tertiary alicyclic amines) is 1. The van der Waals surface area contributed by atoms with E-state index < -0.39 is 10.0 Å². The molecule has 4 rings (SSSR count). The fourth-order valence-electron chi connectivity index (χ4n) is 3.83. The number of hydrogen-bond acceptors (Lipinski definition) is 6. The van der Waals surface area contributed by atoms with Gasteiger partial charge in [0.15, 0.2) is 0 Å². The number of thioether (sulfide) groups is 1. The Morgan fingerprint density at radius 2 is 1.70 bits per heavy atom.